The van der Waals surface area contributed by atoms with E-state index in [4.69, 9.17) is 5.11 Å². The summed E-state index contributed by atoms with van der Waals surface area (Å²) in [7, 11) is 0. The normalized spacial score (nSPS) is 11.8. The van der Waals surface area contributed by atoms with Crippen molar-refractivity contribution in [3.63, 3.8) is 0 Å². The molecule has 2 rings (SSSR count). The number of amides is 1. The number of rotatable bonds is 3. The minimum absolute atomic E-state index is 0.108. The second-order valence-electron chi connectivity index (χ2n) is 5.06. The highest BCUT2D eigenvalue weighted by Crippen LogP contribution is 2.09. The summed E-state index contributed by atoms with van der Waals surface area (Å²) in [5, 5.41) is 11.9. The lowest BCUT2D eigenvalue weighted by molar-refractivity contribution is 0.0869. The molecule has 0 unspecified atom stereocenters. The minimum atomic E-state index is -0.630. The van der Waals surface area contributed by atoms with Crippen LogP contribution in [0.25, 0.3) is 5.65 Å². The van der Waals surface area contributed by atoms with Crippen LogP contribution in [0.15, 0.2) is 24.5 Å². The largest absolute Gasteiger partial charge is 0.394 e. The third-order valence-corrected chi connectivity index (χ3v) is 2.69. The fourth-order valence-corrected chi connectivity index (χ4v) is 1.67. The highest BCUT2D eigenvalue weighted by molar-refractivity contribution is 5.95. The number of imidazole rings is 1. The van der Waals surface area contributed by atoms with Crippen LogP contribution in [-0.2, 0) is 0 Å². The van der Waals surface area contributed by atoms with Crippen molar-refractivity contribution in [3.8, 4) is 0 Å². The van der Waals surface area contributed by atoms with Gasteiger partial charge >= 0.3 is 0 Å². The molecule has 0 radical (unpaired) electrons. The van der Waals surface area contributed by atoms with E-state index in [9.17, 15) is 4.79 Å². The Bertz CT molecular complexity index is 587. The van der Waals surface area contributed by atoms with Gasteiger partial charge in [-0.05, 0) is 32.9 Å². The zero-order valence-corrected chi connectivity index (χ0v) is 10.8. The first-order chi connectivity index (χ1) is 8.41. The smallest absolute Gasteiger partial charge is 0.251 e. The summed E-state index contributed by atoms with van der Waals surface area (Å²) < 4.78 is 1.86. The molecule has 0 aliphatic heterocycles. The maximum Gasteiger partial charge on any atom is 0.251 e. The first kappa shape index (κ1) is 12.6. The number of aromatic nitrogens is 2. The maximum atomic E-state index is 12.0. The van der Waals surface area contributed by atoms with Crippen molar-refractivity contribution in [3.05, 3.63) is 35.8 Å². The molecule has 2 aromatic rings. The number of aryl methyl sites for hydroxylation is 1. The van der Waals surface area contributed by atoms with Gasteiger partial charge in [0, 0.05) is 18.0 Å². The molecule has 0 fully saturated rings. The van der Waals surface area contributed by atoms with E-state index in [1.165, 1.54) is 0 Å². The molecule has 0 atom stereocenters. The van der Waals surface area contributed by atoms with Crippen molar-refractivity contribution in [2.45, 2.75) is 26.3 Å². The monoisotopic (exact) mass is 247 g/mol. The van der Waals surface area contributed by atoms with Gasteiger partial charge in [0.1, 0.15) is 5.65 Å². The molecule has 5 nitrogen and oxygen atoms in total. The molecule has 2 aromatic heterocycles. The number of pyridine rings is 1. The van der Waals surface area contributed by atoms with E-state index in [1.54, 1.807) is 32.2 Å². The van der Waals surface area contributed by atoms with Crippen molar-refractivity contribution in [2.75, 3.05) is 6.61 Å². The third-order valence-electron chi connectivity index (χ3n) is 2.69. The molecule has 0 aromatic carbocycles. The number of aliphatic hydroxyl groups is 1. The van der Waals surface area contributed by atoms with Crippen LogP contribution in [0, 0.1) is 6.92 Å². The lowest BCUT2D eigenvalue weighted by atomic mass is 10.1. The van der Waals surface area contributed by atoms with Crippen LogP contribution in [0.3, 0.4) is 0 Å². The van der Waals surface area contributed by atoms with Crippen molar-refractivity contribution < 1.29 is 9.90 Å². The Kier molecular flexibility index (Phi) is 3.09. The lowest BCUT2D eigenvalue weighted by Crippen LogP contribution is -2.46. The molecule has 96 valence electrons. The number of nitrogens with zero attached hydrogens (tertiary/aromatic N) is 2. The predicted octanol–water partition coefficient (Wildman–Crippen LogP) is 1.14. The molecule has 0 spiro atoms. The van der Waals surface area contributed by atoms with Gasteiger partial charge in [0.15, 0.2) is 0 Å². The van der Waals surface area contributed by atoms with Gasteiger partial charge in [-0.25, -0.2) is 4.98 Å². The van der Waals surface area contributed by atoms with E-state index in [0.717, 1.165) is 11.3 Å². The summed E-state index contributed by atoms with van der Waals surface area (Å²) in [5.41, 5.74) is 1.55. The van der Waals surface area contributed by atoms with Gasteiger partial charge in [0.2, 0.25) is 0 Å². The van der Waals surface area contributed by atoms with Crippen molar-refractivity contribution in [2.24, 2.45) is 0 Å². The van der Waals surface area contributed by atoms with Crippen molar-refractivity contribution in [1.29, 1.82) is 0 Å². The predicted molar refractivity (Wildman–Crippen MR) is 68.6 cm³/mol. The molecule has 0 saturated heterocycles. The standard InChI is InChI=1S/C13H17N3O2/c1-9-7-16-5-4-10(6-11(16)14-9)12(18)15-13(2,3)8-17/h4-7,17H,8H2,1-3H3,(H,15,18). The highest BCUT2D eigenvalue weighted by Gasteiger charge is 2.20. The topological polar surface area (TPSA) is 66.6 Å². The van der Waals surface area contributed by atoms with Crippen LogP contribution < -0.4 is 5.32 Å². The summed E-state index contributed by atoms with van der Waals surface area (Å²) in [4.78, 5) is 16.3. The summed E-state index contributed by atoms with van der Waals surface area (Å²) >= 11 is 0. The number of carbonyl (C=O) groups excluding carboxylic acids is 1. The zero-order chi connectivity index (χ0) is 13.3. The van der Waals surface area contributed by atoms with Crippen LogP contribution in [0.1, 0.15) is 29.9 Å². The summed E-state index contributed by atoms with van der Waals surface area (Å²) in [5.74, 6) is -0.211. The fraction of sp³-hybridized carbons (Fsp3) is 0.385. The van der Waals surface area contributed by atoms with Gasteiger partial charge in [-0.1, -0.05) is 0 Å². The van der Waals surface area contributed by atoms with Gasteiger partial charge in [-0.15, -0.1) is 0 Å². The van der Waals surface area contributed by atoms with Crippen LogP contribution in [0.5, 0.6) is 0 Å². The Labute approximate surface area is 105 Å². The average Bonchev–Trinajstić information content (AvgIpc) is 2.67. The number of hydrogen-bond acceptors (Lipinski definition) is 3. The zero-order valence-electron chi connectivity index (χ0n) is 10.8. The number of nitrogens with one attached hydrogen (secondary N) is 1. The van der Waals surface area contributed by atoms with Gasteiger partial charge in [0.25, 0.3) is 5.91 Å². The Morgan fingerprint density at radius 2 is 2.28 bits per heavy atom. The lowest BCUT2D eigenvalue weighted by Gasteiger charge is -2.23. The van der Waals surface area contributed by atoms with E-state index in [0.29, 0.717) is 5.56 Å². The summed E-state index contributed by atoms with van der Waals surface area (Å²) in [6.07, 6.45) is 3.70. The molecule has 0 aliphatic carbocycles. The molecule has 0 aliphatic rings. The number of fused-ring (bicyclic) bond motifs is 1. The number of carbonyl (C=O) groups is 1. The summed E-state index contributed by atoms with van der Waals surface area (Å²) in [6.45, 7) is 5.33. The molecular formula is C13H17N3O2. The molecule has 0 saturated carbocycles. The van der Waals surface area contributed by atoms with E-state index in [1.807, 2.05) is 17.5 Å². The van der Waals surface area contributed by atoms with Gasteiger partial charge in [-0.2, -0.15) is 0 Å². The van der Waals surface area contributed by atoms with E-state index < -0.39 is 5.54 Å². The van der Waals surface area contributed by atoms with E-state index in [2.05, 4.69) is 10.3 Å². The van der Waals surface area contributed by atoms with Gasteiger partial charge in [-0.3, -0.25) is 4.79 Å². The van der Waals surface area contributed by atoms with E-state index in [-0.39, 0.29) is 12.5 Å². The van der Waals surface area contributed by atoms with Crippen molar-refractivity contribution in [1.82, 2.24) is 14.7 Å². The number of aliphatic hydroxyl groups excluding tert-OH is 1. The third kappa shape index (κ3) is 2.51. The molecule has 18 heavy (non-hydrogen) atoms. The highest BCUT2D eigenvalue weighted by atomic mass is 16.3. The van der Waals surface area contributed by atoms with Crippen molar-refractivity contribution >= 4 is 11.6 Å². The number of hydrogen-bond donors (Lipinski definition) is 2. The Hall–Kier alpha value is -1.88. The van der Waals surface area contributed by atoms with Crippen LogP contribution in [-0.4, -0.2) is 32.5 Å². The molecule has 2 heterocycles. The van der Waals surface area contributed by atoms with Gasteiger partial charge in [0.05, 0.1) is 17.8 Å². The molecule has 2 N–H and O–H groups in total. The Balaban J connectivity index is 2.28. The Morgan fingerprint density at radius 1 is 1.56 bits per heavy atom. The Morgan fingerprint density at radius 3 is 2.94 bits per heavy atom. The summed E-state index contributed by atoms with van der Waals surface area (Å²) in [6, 6.07) is 3.46. The van der Waals surface area contributed by atoms with Crippen LogP contribution >= 0.6 is 0 Å². The molecule has 0 bridgehead atoms. The second-order valence-corrected chi connectivity index (χ2v) is 5.06. The first-order valence-electron chi connectivity index (χ1n) is 5.80. The SMILES string of the molecule is Cc1cn2ccc(C(=O)NC(C)(C)CO)cc2n1. The quantitative estimate of drug-likeness (QED) is 0.854. The molecule has 1 amide bonds. The maximum absolute atomic E-state index is 12.0. The average molecular weight is 247 g/mol. The fourth-order valence-electron chi connectivity index (χ4n) is 1.67. The molecular weight excluding hydrogens is 230 g/mol. The van der Waals surface area contributed by atoms with Crippen LogP contribution in [0.2, 0.25) is 0 Å². The van der Waals surface area contributed by atoms with Crippen LogP contribution in [0.4, 0.5) is 0 Å². The van der Waals surface area contributed by atoms with Gasteiger partial charge < -0.3 is 14.8 Å². The minimum Gasteiger partial charge on any atom is -0.394 e. The molecule has 5 heteroatoms. The first-order valence-corrected chi connectivity index (χ1v) is 5.80. The van der Waals surface area contributed by atoms with E-state index >= 15 is 0 Å². The second kappa shape index (κ2) is 4.42.